The molecule has 106 valence electrons. The van der Waals surface area contributed by atoms with Crippen molar-refractivity contribution in [3.05, 3.63) is 35.9 Å². The molecule has 3 heteroatoms. The van der Waals surface area contributed by atoms with Crippen molar-refractivity contribution in [3.8, 4) is 0 Å². The molecule has 0 saturated carbocycles. The molecule has 1 unspecified atom stereocenters. The summed E-state index contributed by atoms with van der Waals surface area (Å²) < 4.78 is 0. The molecule has 1 amide bonds. The van der Waals surface area contributed by atoms with Crippen LogP contribution in [-0.2, 0) is 10.2 Å². The number of nitrogens with two attached hydrogens (primary N) is 1. The van der Waals surface area contributed by atoms with Crippen LogP contribution >= 0.6 is 0 Å². The maximum Gasteiger partial charge on any atom is 0.224 e. The molecule has 0 saturated heterocycles. The standard InChI is InChI=1S/C16H26N2O/c1-12(2)14(10-17)15(19)18-11-16(3,4)13-8-6-5-7-9-13/h5-9,12,14H,10-11,17H2,1-4H3,(H,18,19). The first-order chi connectivity index (χ1) is 8.88. The third-order valence-electron chi connectivity index (χ3n) is 3.66. The van der Waals surface area contributed by atoms with Gasteiger partial charge in [0.15, 0.2) is 0 Å². The Kier molecular flexibility index (Phi) is 5.55. The molecule has 0 bridgehead atoms. The van der Waals surface area contributed by atoms with Crippen molar-refractivity contribution in [2.45, 2.75) is 33.1 Å². The third kappa shape index (κ3) is 4.35. The summed E-state index contributed by atoms with van der Waals surface area (Å²) in [5, 5.41) is 3.03. The Bertz CT molecular complexity index is 398. The molecule has 1 atom stereocenters. The summed E-state index contributed by atoms with van der Waals surface area (Å²) in [7, 11) is 0. The van der Waals surface area contributed by atoms with Gasteiger partial charge in [0.25, 0.3) is 0 Å². The van der Waals surface area contributed by atoms with E-state index in [1.54, 1.807) is 0 Å². The molecule has 3 N–H and O–H groups in total. The molecule has 0 heterocycles. The molecule has 3 nitrogen and oxygen atoms in total. The van der Waals surface area contributed by atoms with E-state index in [1.807, 2.05) is 32.0 Å². The van der Waals surface area contributed by atoms with E-state index in [0.717, 1.165) is 0 Å². The Morgan fingerprint density at radius 3 is 2.32 bits per heavy atom. The summed E-state index contributed by atoms with van der Waals surface area (Å²) in [6.07, 6.45) is 0. The molecule has 1 rings (SSSR count). The third-order valence-corrected chi connectivity index (χ3v) is 3.66. The predicted molar refractivity (Wildman–Crippen MR) is 79.9 cm³/mol. The Morgan fingerprint density at radius 1 is 1.26 bits per heavy atom. The molecule has 0 aliphatic rings. The summed E-state index contributed by atoms with van der Waals surface area (Å²) in [6.45, 7) is 9.35. The first kappa shape index (κ1) is 15.7. The molecule has 0 aromatic heterocycles. The monoisotopic (exact) mass is 262 g/mol. The molecule has 19 heavy (non-hydrogen) atoms. The van der Waals surface area contributed by atoms with Gasteiger partial charge < -0.3 is 11.1 Å². The molecule has 0 radical (unpaired) electrons. The highest BCUT2D eigenvalue weighted by Gasteiger charge is 2.25. The van der Waals surface area contributed by atoms with Crippen LogP contribution in [0, 0.1) is 11.8 Å². The van der Waals surface area contributed by atoms with E-state index in [0.29, 0.717) is 13.1 Å². The Morgan fingerprint density at radius 2 is 1.84 bits per heavy atom. The summed E-state index contributed by atoms with van der Waals surface area (Å²) in [4.78, 5) is 12.1. The normalized spacial score (nSPS) is 13.4. The Labute approximate surface area is 116 Å². The average Bonchev–Trinajstić information content (AvgIpc) is 2.38. The van der Waals surface area contributed by atoms with E-state index >= 15 is 0 Å². The second kappa shape index (κ2) is 6.71. The van der Waals surface area contributed by atoms with Crippen LogP contribution in [0.15, 0.2) is 30.3 Å². The van der Waals surface area contributed by atoms with Crippen LogP contribution in [0.25, 0.3) is 0 Å². The number of rotatable bonds is 6. The maximum absolute atomic E-state index is 12.1. The highest BCUT2D eigenvalue weighted by atomic mass is 16.1. The number of nitrogens with one attached hydrogen (secondary N) is 1. The SMILES string of the molecule is CC(C)C(CN)C(=O)NCC(C)(C)c1ccccc1. The van der Waals surface area contributed by atoms with Gasteiger partial charge in [-0.15, -0.1) is 0 Å². The van der Waals surface area contributed by atoms with E-state index in [2.05, 4.69) is 31.3 Å². The van der Waals surface area contributed by atoms with Gasteiger partial charge in [0.05, 0.1) is 5.92 Å². The van der Waals surface area contributed by atoms with E-state index in [4.69, 9.17) is 5.73 Å². The summed E-state index contributed by atoms with van der Waals surface area (Å²) in [5.41, 5.74) is 6.81. The van der Waals surface area contributed by atoms with E-state index in [1.165, 1.54) is 5.56 Å². The van der Waals surface area contributed by atoms with Gasteiger partial charge in [0.1, 0.15) is 0 Å². The highest BCUT2D eigenvalue weighted by Crippen LogP contribution is 2.22. The minimum atomic E-state index is -0.105. The zero-order valence-electron chi connectivity index (χ0n) is 12.4. The van der Waals surface area contributed by atoms with Crippen LogP contribution in [0.4, 0.5) is 0 Å². The predicted octanol–water partition coefficient (Wildman–Crippen LogP) is 2.31. The molecule has 0 aliphatic carbocycles. The quantitative estimate of drug-likeness (QED) is 0.826. The van der Waals surface area contributed by atoms with Crippen LogP contribution in [0.5, 0.6) is 0 Å². The van der Waals surface area contributed by atoms with E-state index < -0.39 is 0 Å². The highest BCUT2D eigenvalue weighted by molar-refractivity contribution is 5.79. The Balaban J connectivity index is 2.63. The number of benzene rings is 1. The molecular formula is C16H26N2O. The van der Waals surface area contributed by atoms with Crippen LogP contribution in [-0.4, -0.2) is 19.0 Å². The first-order valence-corrected chi connectivity index (χ1v) is 6.92. The van der Waals surface area contributed by atoms with Crippen molar-refractivity contribution < 1.29 is 4.79 Å². The first-order valence-electron chi connectivity index (χ1n) is 6.92. The molecular weight excluding hydrogens is 236 g/mol. The van der Waals surface area contributed by atoms with Crippen LogP contribution in [0.3, 0.4) is 0 Å². The van der Waals surface area contributed by atoms with Crippen molar-refractivity contribution in [3.63, 3.8) is 0 Å². The summed E-state index contributed by atoms with van der Waals surface area (Å²) >= 11 is 0. The second-order valence-electron chi connectivity index (χ2n) is 6.05. The number of amides is 1. The van der Waals surface area contributed by atoms with Gasteiger partial charge in [-0.05, 0) is 11.5 Å². The maximum atomic E-state index is 12.1. The van der Waals surface area contributed by atoms with E-state index in [-0.39, 0.29) is 23.2 Å². The summed E-state index contributed by atoms with van der Waals surface area (Å²) in [5.74, 6) is 0.220. The lowest BCUT2D eigenvalue weighted by Gasteiger charge is -2.27. The topological polar surface area (TPSA) is 55.1 Å². The minimum Gasteiger partial charge on any atom is -0.355 e. The number of carbonyl (C=O) groups excluding carboxylic acids is 1. The fourth-order valence-electron chi connectivity index (χ4n) is 2.11. The fraction of sp³-hybridized carbons (Fsp3) is 0.562. The van der Waals surface area contributed by atoms with Crippen molar-refractivity contribution in [1.29, 1.82) is 0 Å². The number of carbonyl (C=O) groups is 1. The molecule has 0 aliphatic heterocycles. The molecule has 0 spiro atoms. The number of hydrogen-bond donors (Lipinski definition) is 2. The molecule has 1 aromatic rings. The van der Waals surface area contributed by atoms with Gasteiger partial charge in [-0.25, -0.2) is 0 Å². The lowest BCUT2D eigenvalue weighted by Crippen LogP contribution is -2.43. The van der Waals surface area contributed by atoms with Crippen LogP contribution in [0.2, 0.25) is 0 Å². The smallest absolute Gasteiger partial charge is 0.224 e. The average molecular weight is 262 g/mol. The van der Waals surface area contributed by atoms with Gasteiger partial charge >= 0.3 is 0 Å². The van der Waals surface area contributed by atoms with Crippen molar-refractivity contribution in [2.75, 3.05) is 13.1 Å². The summed E-state index contributed by atoms with van der Waals surface area (Å²) in [6, 6.07) is 10.2. The van der Waals surface area contributed by atoms with Gasteiger partial charge in [-0.2, -0.15) is 0 Å². The zero-order valence-corrected chi connectivity index (χ0v) is 12.4. The van der Waals surface area contributed by atoms with Crippen molar-refractivity contribution in [1.82, 2.24) is 5.32 Å². The largest absolute Gasteiger partial charge is 0.355 e. The number of hydrogen-bond acceptors (Lipinski definition) is 2. The van der Waals surface area contributed by atoms with E-state index in [9.17, 15) is 4.79 Å². The van der Waals surface area contributed by atoms with Gasteiger partial charge in [0, 0.05) is 18.5 Å². The van der Waals surface area contributed by atoms with Gasteiger partial charge in [-0.1, -0.05) is 58.0 Å². The zero-order chi connectivity index (χ0) is 14.5. The van der Waals surface area contributed by atoms with Gasteiger partial charge in [0.2, 0.25) is 5.91 Å². The Hall–Kier alpha value is -1.35. The van der Waals surface area contributed by atoms with Crippen LogP contribution in [0.1, 0.15) is 33.3 Å². The molecule has 1 aromatic carbocycles. The van der Waals surface area contributed by atoms with Crippen LogP contribution < -0.4 is 11.1 Å². The second-order valence-corrected chi connectivity index (χ2v) is 6.05. The van der Waals surface area contributed by atoms with Crippen molar-refractivity contribution >= 4 is 5.91 Å². The lowest BCUT2D eigenvalue weighted by molar-refractivity contribution is -0.126. The molecule has 0 fully saturated rings. The van der Waals surface area contributed by atoms with Crippen molar-refractivity contribution in [2.24, 2.45) is 17.6 Å². The lowest BCUT2D eigenvalue weighted by atomic mass is 9.84. The van der Waals surface area contributed by atoms with Gasteiger partial charge in [-0.3, -0.25) is 4.79 Å². The fourth-order valence-corrected chi connectivity index (χ4v) is 2.11. The minimum absolute atomic E-state index is 0.0570.